The lowest BCUT2D eigenvalue weighted by Gasteiger charge is -2.07. The van der Waals surface area contributed by atoms with E-state index in [1.54, 1.807) is 12.1 Å². The summed E-state index contributed by atoms with van der Waals surface area (Å²) in [6.45, 7) is 4.96. The van der Waals surface area contributed by atoms with Gasteiger partial charge in [0.2, 0.25) is 5.91 Å². The molecule has 0 saturated heterocycles. The second-order valence-electron chi connectivity index (χ2n) is 4.45. The molecule has 0 atom stereocenters. The largest absolute Gasteiger partial charge is 0.382 e. The Morgan fingerprint density at radius 1 is 1.25 bits per heavy atom. The third-order valence-electron chi connectivity index (χ3n) is 2.78. The van der Waals surface area contributed by atoms with Crippen LogP contribution in [0.2, 0.25) is 0 Å². The summed E-state index contributed by atoms with van der Waals surface area (Å²) in [6, 6.07) is 6.40. The molecule has 1 aromatic rings. The number of hydrogen-bond donors (Lipinski definition) is 2. The fourth-order valence-corrected chi connectivity index (χ4v) is 1.69. The van der Waals surface area contributed by atoms with Gasteiger partial charge in [-0.25, -0.2) is 4.39 Å². The molecule has 5 heteroatoms. The zero-order valence-corrected chi connectivity index (χ0v) is 12.0. The van der Waals surface area contributed by atoms with E-state index in [2.05, 4.69) is 10.6 Å². The van der Waals surface area contributed by atoms with Gasteiger partial charge in [0, 0.05) is 19.8 Å². The average Bonchev–Trinajstić information content (AvgIpc) is 2.45. The highest BCUT2D eigenvalue weighted by Crippen LogP contribution is 2.02. The number of halogens is 1. The lowest BCUT2D eigenvalue weighted by atomic mass is 10.1. The number of amides is 1. The Bertz CT molecular complexity index is 382. The van der Waals surface area contributed by atoms with Crippen molar-refractivity contribution in [2.75, 3.05) is 32.8 Å². The first-order valence-electron chi connectivity index (χ1n) is 7.02. The van der Waals surface area contributed by atoms with E-state index in [1.807, 2.05) is 6.92 Å². The van der Waals surface area contributed by atoms with Crippen LogP contribution in [0.5, 0.6) is 0 Å². The van der Waals surface area contributed by atoms with E-state index in [-0.39, 0.29) is 11.7 Å². The standard InChI is InChI=1S/C15H23FN2O2/c1-2-20-11-3-9-18-15(19)12-17-10-8-13-4-6-14(16)7-5-13/h4-7,17H,2-3,8-12H2,1H3,(H,18,19). The molecule has 20 heavy (non-hydrogen) atoms. The van der Waals surface area contributed by atoms with Crippen LogP contribution in [0.3, 0.4) is 0 Å². The smallest absolute Gasteiger partial charge is 0.233 e. The molecule has 0 aliphatic rings. The zero-order valence-electron chi connectivity index (χ0n) is 12.0. The van der Waals surface area contributed by atoms with Crippen molar-refractivity contribution >= 4 is 5.91 Å². The number of carbonyl (C=O) groups excluding carboxylic acids is 1. The Hall–Kier alpha value is -1.46. The molecule has 0 saturated carbocycles. The number of rotatable bonds is 10. The van der Waals surface area contributed by atoms with E-state index in [9.17, 15) is 9.18 Å². The minimum atomic E-state index is -0.229. The number of benzene rings is 1. The fraction of sp³-hybridized carbons (Fsp3) is 0.533. The molecule has 0 aliphatic heterocycles. The van der Waals surface area contributed by atoms with Crippen LogP contribution in [0, 0.1) is 5.82 Å². The van der Waals surface area contributed by atoms with Crippen LogP contribution in [0.15, 0.2) is 24.3 Å². The monoisotopic (exact) mass is 282 g/mol. The summed E-state index contributed by atoms with van der Waals surface area (Å²) in [5.41, 5.74) is 1.05. The molecule has 1 rings (SSSR count). The quantitative estimate of drug-likeness (QED) is 0.639. The first kappa shape index (κ1) is 16.6. The van der Waals surface area contributed by atoms with Crippen LogP contribution in [-0.4, -0.2) is 38.8 Å². The van der Waals surface area contributed by atoms with Gasteiger partial charge in [0.25, 0.3) is 0 Å². The van der Waals surface area contributed by atoms with Gasteiger partial charge in [-0.15, -0.1) is 0 Å². The molecule has 0 unspecified atom stereocenters. The van der Waals surface area contributed by atoms with Crippen LogP contribution in [0.1, 0.15) is 18.9 Å². The van der Waals surface area contributed by atoms with Crippen molar-refractivity contribution < 1.29 is 13.9 Å². The summed E-state index contributed by atoms with van der Waals surface area (Å²) in [7, 11) is 0. The fourth-order valence-electron chi connectivity index (χ4n) is 1.69. The highest BCUT2D eigenvalue weighted by molar-refractivity contribution is 5.77. The molecule has 0 fully saturated rings. The van der Waals surface area contributed by atoms with E-state index in [4.69, 9.17) is 4.74 Å². The molecule has 112 valence electrons. The van der Waals surface area contributed by atoms with Gasteiger partial charge in [-0.1, -0.05) is 12.1 Å². The summed E-state index contributed by atoms with van der Waals surface area (Å²) < 4.78 is 17.9. The maximum atomic E-state index is 12.7. The highest BCUT2D eigenvalue weighted by atomic mass is 19.1. The van der Waals surface area contributed by atoms with Crippen molar-refractivity contribution in [1.29, 1.82) is 0 Å². The average molecular weight is 282 g/mol. The SMILES string of the molecule is CCOCCCNC(=O)CNCCc1ccc(F)cc1. The lowest BCUT2D eigenvalue weighted by molar-refractivity contribution is -0.120. The molecule has 0 aromatic heterocycles. The molecule has 1 amide bonds. The van der Waals surface area contributed by atoms with Crippen molar-refractivity contribution in [3.05, 3.63) is 35.6 Å². The van der Waals surface area contributed by atoms with Crippen LogP contribution < -0.4 is 10.6 Å². The number of hydrogen-bond acceptors (Lipinski definition) is 3. The van der Waals surface area contributed by atoms with Gasteiger partial charge in [-0.05, 0) is 44.0 Å². The van der Waals surface area contributed by atoms with E-state index in [0.717, 1.165) is 18.4 Å². The molecule has 2 N–H and O–H groups in total. The summed E-state index contributed by atoms with van der Waals surface area (Å²) in [5, 5.41) is 5.88. The molecular weight excluding hydrogens is 259 g/mol. The number of nitrogens with one attached hydrogen (secondary N) is 2. The van der Waals surface area contributed by atoms with Crippen LogP contribution >= 0.6 is 0 Å². The lowest BCUT2D eigenvalue weighted by Crippen LogP contribution is -2.35. The molecule has 0 spiro atoms. The molecule has 4 nitrogen and oxygen atoms in total. The normalized spacial score (nSPS) is 10.5. The Morgan fingerprint density at radius 3 is 2.70 bits per heavy atom. The van der Waals surface area contributed by atoms with Gasteiger partial charge >= 0.3 is 0 Å². The van der Waals surface area contributed by atoms with Crippen molar-refractivity contribution in [2.24, 2.45) is 0 Å². The second kappa shape index (κ2) is 10.3. The van der Waals surface area contributed by atoms with Crippen molar-refractivity contribution in [2.45, 2.75) is 19.8 Å². The Kier molecular flexibility index (Phi) is 8.58. The predicted molar refractivity (Wildman–Crippen MR) is 77.1 cm³/mol. The maximum absolute atomic E-state index is 12.7. The predicted octanol–water partition coefficient (Wildman–Crippen LogP) is 1.50. The number of ether oxygens (including phenoxy) is 1. The van der Waals surface area contributed by atoms with Crippen LogP contribution in [0.4, 0.5) is 4.39 Å². The van der Waals surface area contributed by atoms with E-state index in [1.165, 1.54) is 12.1 Å². The van der Waals surface area contributed by atoms with Crippen molar-refractivity contribution in [3.8, 4) is 0 Å². The van der Waals surface area contributed by atoms with Gasteiger partial charge in [0.05, 0.1) is 6.54 Å². The van der Waals surface area contributed by atoms with E-state index in [0.29, 0.717) is 32.8 Å². The second-order valence-corrected chi connectivity index (χ2v) is 4.45. The molecule has 0 radical (unpaired) electrons. The van der Waals surface area contributed by atoms with Crippen molar-refractivity contribution in [1.82, 2.24) is 10.6 Å². The molecule has 0 bridgehead atoms. The Labute approximate surface area is 119 Å². The van der Waals surface area contributed by atoms with Gasteiger partial charge in [0.1, 0.15) is 5.82 Å². The molecule has 1 aromatic carbocycles. The third kappa shape index (κ3) is 7.86. The van der Waals surface area contributed by atoms with Crippen molar-refractivity contribution in [3.63, 3.8) is 0 Å². The van der Waals surface area contributed by atoms with E-state index >= 15 is 0 Å². The molecule has 0 aliphatic carbocycles. The summed E-state index contributed by atoms with van der Waals surface area (Å²) in [6.07, 6.45) is 1.60. The summed E-state index contributed by atoms with van der Waals surface area (Å²) in [4.78, 5) is 11.5. The first-order chi connectivity index (χ1) is 9.72. The molecular formula is C15H23FN2O2. The van der Waals surface area contributed by atoms with E-state index < -0.39 is 0 Å². The first-order valence-corrected chi connectivity index (χ1v) is 7.02. The Morgan fingerprint density at radius 2 is 2.00 bits per heavy atom. The summed E-state index contributed by atoms with van der Waals surface area (Å²) >= 11 is 0. The molecule has 0 heterocycles. The minimum absolute atomic E-state index is 0.0133. The topological polar surface area (TPSA) is 50.4 Å². The highest BCUT2D eigenvalue weighted by Gasteiger charge is 2.00. The minimum Gasteiger partial charge on any atom is -0.382 e. The zero-order chi connectivity index (χ0) is 14.6. The maximum Gasteiger partial charge on any atom is 0.233 e. The summed E-state index contributed by atoms with van der Waals surface area (Å²) in [5.74, 6) is -0.242. The van der Waals surface area contributed by atoms with Gasteiger partial charge in [-0.2, -0.15) is 0 Å². The van der Waals surface area contributed by atoms with Crippen LogP contribution in [0.25, 0.3) is 0 Å². The Balaban J connectivity index is 2.00. The number of carbonyl (C=O) groups is 1. The van der Waals surface area contributed by atoms with Gasteiger partial charge in [-0.3, -0.25) is 4.79 Å². The van der Waals surface area contributed by atoms with Gasteiger partial charge < -0.3 is 15.4 Å². The van der Waals surface area contributed by atoms with Crippen LogP contribution in [-0.2, 0) is 16.0 Å². The van der Waals surface area contributed by atoms with Gasteiger partial charge in [0.15, 0.2) is 0 Å². The third-order valence-corrected chi connectivity index (χ3v) is 2.78.